The van der Waals surface area contributed by atoms with Crippen LogP contribution in [0.5, 0.6) is 0 Å². The fraction of sp³-hybridized carbons (Fsp3) is 0.467. The summed E-state index contributed by atoms with van der Waals surface area (Å²) in [6.45, 7) is 0.352. The molecule has 0 saturated heterocycles. The van der Waals surface area contributed by atoms with Crippen LogP contribution in [-0.2, 0) is 11.3 Å². The third-order valence-electron chi connectivity index (χ3n) is 3.46. The first kappa shape index (κ1) is 14.5. The maximum Gasteiger partial charge on any atom is 0.250 e. The van der Waals surface area contributed by atoms with Crippen molar-refractivity contribution < 1.29 is 9.90 Å². The van der Waals surface area contributed by atoms with Gasteiger partial charge in [0, 0.05) is 24.7 Å². The lowest BCUT2D eigenvalue weighted by atomic mass is 9.94. The quantitative estimate of drug-likeness (QED) is 0.777. The lowest BCUT2D eigenvalue weighted by Gasteiger charge is -2.19. The van der Waals surface area contributed by atoms with E-state index in [2.05, 4.69) is 11.4 Å². The number of pyridine rings is 1. The Morgan fingerprint density at radius 2 is 2.30 bits per heavy atom. The van der Waals surface area contributed by atoms with E-state index in [9.17, 15) is 14.7 Å². The van der Waals surface area contributed by atoms with Gasteiger partial charge in [-0.15, -0.1) is 0 Å². The van der Waals surface area contributed by atoms with Gasteiger partial charge in [0.2, 0.25) is 5.91 Å². The summed E-state index contributed by atoms with van der Waals surface area (Å²) in [5, 5.41) is 12.6. The number of allylic oxidation sites excluding steroid dienone is 2. The molecule has 5 heteroatoms. The zero-order valence-corrected chi connectivity index (χ0v) is 11.4. The van der Waals surface area contributed by atoms with Crippen LogP contribution in [0.25, 0.3) is 0 Å². The first-order chi connectivity index (χ1) is 9.66. The molecule has 1 aromatic rings. The van der Waals surface area contributed by atoms with Gasteiger partial charge in [0.15, 0.2) is 0 Å². The molecule has 5 nitrogen and oxygen atoms in total. The number of rotatable bonds is 5. The summed E-state index contributed by atoms with van der Waals surface area (Å²) in [5.41, 5.74) is -0.157. The van der Waals surface area contributed by atoms with E-state index in [1.807, 2.05) is 6.08 Å². The Bertz CT molecular complexity index is 536. The van der Waals surface area contributed by atoms with Crippen molar-refractivity contribution in [2.24, 2.45) is 5.92 Å². The summed E-state index contributed by atoms with van der Waals surface area (Å²) < 4.78 is 1.43. The number of aliphatic hydroxyl groups is 1. The minimum Gasteiger partial charge on any atom is -0.389 e. The highest BCUT2D eigenvalue weighted by atomic mass is 16.3. The molecule has 0 bridgehead atoms. The van der Waals surface area contributed by atoms with Crippen molar-refractivity contribution in [3.63, 3.8) is 0 Å². The predicted octanol–water partition coefficient (Wildman–Crippen LogP) is 0.682. The molecule has 0 aliphatic heterocycles. The van der Waals surface area contributed by atoms with E-state index in [4.69, 9.17) is 0 Å². The SMILES string of the molecule is O=C(NCC(O)Cn1ccccc1=O)C1CC=CCC1. The van der Waals surface area contributed by atoms with Crippen LogP contribution in [-0.4, -0.2) is 28.2 Å². The molecule has 20 heavy (non-hydrogen) atoms. The zero-order valence-electron chi connectivity index (χ0n) is 11.4. The van der Waals surface area contributed by atoms with E-state index in [1.54, 1.807) is 18.3 Å². The van der Waals surface area contributed by atoms with Crippen molar-refractivity contribution in [1.82, 2.24) is 9.88 Å². The van der Waals surface area contributed by atoms with Gasteiger partial charge in [-0.1, -0.05) is 18.2 Å². The molecule has 1 aromatic heterocycles. The van der Waals surface area contributed by atoms with Crippen molar-refractivity contribution in [2.75, 3.05) is 6.54 Å². The summed E-state index contributed by atoms with van der Waals surface area (Å²) in [6.07, 6.45) is 7.52. The molecule has 0 aromatic carbocycles. The van der Waals surface area contributed by atoms with Crippen molar-refractivity contribution in [3.05, 3.63) is 46.9 Å². The Kier molecular flexibility index (Phi) is 5.12. The van der Waals surface area contributed by atoms with Gasteiger partial charge in [0.25, 0.3) is 5.56 Å². The number of aromatic nitrogens is 1. The maximum atomic E-state index is 11.9. The van der Waals surface area contributed by atoms with E-state index in [-0.39, 0.29) is 30.5 Å². The highest BCUT2D eigenvalue weighted by molar-refractivity contribution is 5.78. The molecule has 1 aliphatic carbocycles. The number of nitrogens with zero attached hydrogens (tertiary/aromatic N) is 1. The van der Waals surface area contributed by atoms with Gasteiger partial charge in [0.1, 0.15) is 0 Å². The number of amides is 1. The summed E-state index contributed by atoms with van der Waals surface area (Å²) >= 11 is 0. The average molecular weight is 276 g/mol. The van der Waals surface area contributed by atoms with Crippen LogP contribution in [0.15, 0.2) is 41.3 Å². The first-order valence-electron chi connectivity index (χ1n) is 6.93. The smallest absolute Gasteiger partial charge is 0.250 e. The minimum atomic E-state index is -0.766. The van der Waals surface area contributed by atoms with Crippen molar-refractivity contribution in [2.45, 2.75) is 31.9 Å². The van der Waals surface area contributed by atoms with E-state index < -0.39 is 6.10 Å². The number of hydrogen-bond donors (Lipinski definition) is 2. The second-order valence-electron chi connectivity index (χ2n) is 5.07. The molecular formula is C15H20N2O3. The number of nitrogens with one attached hydrogen (secondary N) is 1. The largest absolute Gasteiger partial charge is 0.389 e. The molecule has 1 heterocycles. The summed E-state index contributed by atoms with van der Waals surface area (Å²) in [6, 6.07) is 4.84. The molecule has 2 atom stereocenters. The Labute approximate surface area is 117 Å². The standard InChI is InChI=1S/C15H20N2O3/c18-13(11-17-9-5-4-8-14(17)19)10-16-15(20)12-6-2-1-3-7-12/h1-2,4-5,8-9,12-13,18H,3,6-7,10-11H2,(H,16,20). The van der Waals surface area contributed by atoms with Gasteiger partial charge < -0.3 is 15.0 Å². The molecular weight excluding hydrogens is 256 g/mol. The number of carbonyl (C=O) groups is 1. The molecule has 0 spiro atoms. The van der Waals surface area contributed by atoms with Gasteiger partial charge in [-0.3, -0.25) is 9.59 Å². The minimum absolute atomic E-state index is 0.00616. The van der Waals surface area contributed by atoms with Crippen LogP contribution in [0, 0.1) is 5.92 Å². The van der Waals surface area contributed by atoms with Gasteiger partial charge in [0.05, 0.1) is 12.6 Å². The average Bonchev–Trinajstić information content (AvgIpc) is 2.48. The maximum absolute atomic E-state index is 11.9. The highest BCUT2D eigenvalue weighted by Gasteiger charge is 2.19. The predicted molar refractivity (Wildman–Crippen MR) is 76.2 cm³/mol. The fourth-order valence-electron chi connectivity index (χ4n) is 2.30. The van der Waals surface area contributed by atoms with Gasteiger partial charge in [-0.05, 0) is 25.3 Å². The van der Waals surface area contributed by atoms with E-state index in [0.717, 1.165) is 19.3 Å². The highest BCUT2D eigenvalue weighted by Crippen LogP contribution is 2.17. The Morgan fingerprint density at radius 3 is 3.00 bits per heavy atom. The summed E-state index contributed by atoms with van der Waals surface area (Å²) in [4.78, 5) is 23.4. The second kappa shape index (κ2) is 7.05. The number of carbonyl (C=O) groups excluding carboxylic acids is 1. The fourth-order valence-corrected chi connectivity index (χ4v) is 2.30. The topological polar surface area (TPSA) is 71.3 Å². The molecule has 1 aliphatic rings. The van der Waals surface area contributed by atoms with E-state index in [0.29, 0.717) is 0 Å². The number of aliphatic hydroxyl groups excluding tert-OH is 1. The van der Waals surface area contributed by atoms with Crippen molar-refractivity contribution in [1.29, 1.82) is 0 Å². The molecule has 108 valence electrons. The van der Waals surface area contributed by atoms with Gasteiger partial charge in [-0.25, -0.2) is 0 Å². The van der Waals surface area contributed by atoms with E-state index in [1.165, 1.54) is 10.6 Å². The van der Waals surface area contributed by atoms with Crippen LogP contribution in [0.2, 0.25) is 0 Å². The van der Waals surface area contributed by atoms with Crippen molar-refractivity contribution >= 4 is 5.91 Å². The first-order valence-corrected chi connectivity index (χ1v) is 6.93. The van der Waals surface area contributed by atoms with Crippen LogP contribution >= 0.6 is 0 Å². The Hall–Kier alpha value is -1.88. The molecule has 2 N–H and O–H groups in total. The van der Waals surface area contributed by atoms with Gasteiger partial charge in [-0.2, -0.15) is 0 Å². The monoisotopic (exact) mass is 276 g/mol. The van der Waals surface area contributed by atoms with Gasteiger partial charge >= 0.3 is 0 Å². The van der Waals surface area contributed by atoms with E-state index >= 15 is 0 Å². The summed E-state index contributed by atoms with van der Waals surface area (Å²) in [7, 11) is 0. The van der Waals surface area contributed by atoms with Crippen LogP contribution in [0.1, 0.15) is 19.3 Å². The Morgan fingerprint density at radius 1 is 1.45 bits per heavy atom. The molecule has 0 radical (unpaired) electrons. The van der Waals surface area contributed by atoms with Crippen LogP contribution in [0.4, 0.5) is 0 Å². The molecule has 1 amide bonds. The molecule has 2 rings (SSSR count). The number of hydrogen-bond acceptors (Lipinski definition) is 3. The van der Waals surface area contributed by atoms with Crippen molar-refractivity contribution in [3.8, 4) is 0 Å². The van der Waals surface area contributed by atoms with Crippen LogP contribution < -0.4 is 10.9 Å². The summed E-state index contributed by atoms with van der Waals surface area (Å²) in [5.74, 6) is -0.0135. The molecule has 0 fully saturated rings. The van der Waals surface area contributed by atoms with Crippen LogP contribution in [0.3, 0.4) is 0 Å². The third kappa shape index (κ3) is 4.06. The Balaban J connectivity index is 1.79. The third-order valence-corrected chi connectivity index (χ3v) is 3.46. The lowest BCUT2D eigenvalue weighted by Crippen LogP contribution is -2.39. The second-order valence-corrected chi connectivity index (χ2v) is 5.07. The molecule has 0 saturated carbocycles. The normalized spacial score (nSPS) is 19.6. The zero-order chi connectivity index (χ0) is 14.4. The molecule has 2 unspecified atom stereocenters. The lowest BCUT2D eigenvalue weighted by molar-refractivity contribution is -0.125.